The molecule has 0 fully saturated rings. The molecule has 1 rings (SSSR count). The molecule has 0 amide bonds. The van der Waals surface area contributed by atoms with Crippen LogP contribution in [0.3, 0.4) is 0 Å². The van der Waals surface area contributed by atoms with Crippen molar-refractivity contribution in [2.24, 2.45) is 0 Å². The lowest BCUT2D eigenvalue weighted by Crippen LogP contribution is -2.15. The van der Waals surface area contributed by atoms with Crippen molar-refractivity contribution in [2.45, 2.75) is 40.0 Å². The van der Waals surface area contributed by atoms with Crippen LogP contribution in [-0.4, -0.2) is 13.1 Å². The molecule has 1 nitrogen and oxygen atoms in total. The van der Waals surface area contributed by atoms with Gasteiger partial charge in [-0.1, -0.05) is 44.2 Å². The summed E-state index contributed by atoms with van der Waals surface area (Å²) in [6, 6.07) is 8.90. The minimum absolute atomic E-state index is 1.08. The van der Waals surface area contributed by atoms with Crippen molar-refractivity contribution in [3.05, 3.63) is 41.5 Å². The maximum atomic E-state index is 3.42. The van der Waals surface area contributed by atoms with E-state index >= 15 is 0 Å². The quantitative estimate of drug-likeness (QED) is 0.698. The number of rotatable bonds is 7. The van der Waals surface area contributed by atoms with E-state index in [9.17, 15) is 0 Å². The van der Waals surface area contributed by atoms with Gasteiger partial charge in [0.2, 0.25) is 0 Å². The Hall–Kier alpha value is -1.08. The zero-order valence-corrected chi connectivity index (χ0v) is 11.4. The second kappa shape index (κ2) is 8.08. The van der Waals surface area contributed by atoms with Crippen LogP contribution in [0.1, 0.15) is 44.7 Å². The van der Waals surface area contributed by atoms with Crippen LogP contribution in [0.5, 0.6) is 0 Å². The van der Waals surface area contributed by atoms with E-state index in [2.05, 4.69) is 56.4 Å². The fraction of sp³-hybridized carbons (Fsp3) is 0.500. The van der Waals surface area contributed by atoms with Gasteiger partial charge in [0.25, 0.3) is 0 Å². The Labute approximate surface area is 106 Å². The molecule has 0 saturated heterocycles. The van der Waals surface area contributed by atoms with Crippen LogP contribution in [0.15, 0.2) is 30.3 Å². The SMILES string of the molecule is CCCNCCC=C(C)c1ccc(CC)cc1. The lowest BCUT2D eigenvalue weighted by molar-refractivity contribution is 0.678. The average Bonchev–Trinajstić information content (AvgIpc) is 2.38. The predicted molar refractivity (Wildman–Crippen MR) is 77.2 cm³/mol. The van der Waals surface area contributed by atoms with Gasteiger partial charge in [-0.05, 0) is 56.0 Å². The highest BCUT2D eigenvalue weighted by molar-refractivity contribution is 5.63. The third-order valence-electron chi connectivity index (χ3n) is 3.02. The normalized spacial score (nSPS) is 11.8. The second-order valence-electron chi connectivity index (χ2n) is 4.48. The first kappa shape index (κ1) is 14.0. The molecule has 0 aromatic heterocycles. The summed E-state index contributed by atoms with van der Waals surface area (Å²) >= 11 is 0. The van der Waals surface area contributed by atoms with Gasteiger partial charge in [0, 0.05) is 0 Å². The molecule has 1 aromatic rings. The number of benzene rings is 1. The lowest BCUT2D eigenvalue weighted by atomic mass is 10.0. The van der Waals surface area contributed by atoms with Crippen LogP contribution in [0.4, 0.5) is 0 Å². The van der Waals surface area contributed by atoms with Crippen molar-refractivity contribution in [2.75, 3.05) is 13.1 Å². The third-order valence-corrected chi connectivity index (χ3v) is 3.02. The minimum Gasteiger partial charge on any atom is -0.316 e. The number of allylic oxidation sites excluding steroid dienone is 1. The van der Waals surface area contributed by atoms with Gasteiger partial charge < -0.3 is 5.32 Å². The van der Waals surface area contributed by atoms with Gasteiger partial charge in [-0.2, -0.15) is 0 Å². The summed E-state index contributed by atoms with van der Waals surface area (Å²) in [6.07, 6.45) is 5.76. The summed E-state index contributed by atoms with van der Waals surface area (Å²) in [5, 5.41) is 3.42. The Balaban J connectivity index is 2.44. The van der Waals surface area contributed by atoms with E-state index in [0.29, 0.717) is 0 Å². The van der Waals surface area contributed by atoms with Gasteiger partial charge in [0.1, 0.15) is 0 Å². The van der Waals surface area contributed by atoms with E-state index in [0.717, 1.165) is 25.9 Å². The fourth-order valence-corrected chi connectivity index (χ4v) is 1.81. The zero-order valence-electron chi connectivity index (χ0n) is 11.4. The number of nitrogens with one attached hydrogen (secondary N) is 1. The fourth-order valence-electron chi connectivity index (χ4n) is 1.81. The molecule has 0 atom stereocenters. The predicted octanol–water partition coefficient (Wildman–Crippen LogP) is 4.04. The molecule has 0 spiro atoms. The van der Waals surface area contributed by atoms with E-state index in [1.807, 2.05) is 0 Å². The van der Waals surface area contributed by atoms with Gasteiger partial charge in [-0.15, -0.1) is 0 Å². The Morgan fingerprint density at radius 1 is 1.12 bits per heavy atom. The Kier molecular flexibility index (Phi) is 6.64. The largest absolute Gasteiger partial charge is 0.316 e. The summed E-state index contributed by atoms with van der Waals surface area (Å²) < 4.78 is 0. The molecular weight excluding hydrogens is 206 g/mol. The van der Waals surface area contributed by atoms with Gasteiger partial charge in [-0.3, -0.25) is 0 Å². The molecule has 17 heavy (non-hydrogen) atoms. The first-order chi connectivity index (χ1) is 8.27. The molecule has 0 heterocycles. The van der Waals surface area contributed by atoms with Crippen LogP contribution in [0.2, 0.25) is 0 Å². The van der Waals surface area contributed by atoms with E-state index in [1.165, 1.54) is 23.1 Å². The van der Waals surface area contributed by atoms with Crippen molar-refractivity contribution in [3.8, 4) is 0 Å². The minimum atomic E-state index is 1.08. The molecule has 0 aliphatic rings. The summed E-state index contributed by atoms with van der Waals surface area (Å²) in [4.78, 5) is 0. The van der Waals surface area contributed by atoms with Crippen LogP contribution in [0, 0.1) is 0 Å². The molecule has 1 heteroatoms. The van der Waals surface area contributed by atoms with E-state index < -0.39 is 0 Å². The molecule has 0 aliphatic heterocycles. The summed E-state index contributed by atoms with van der Waals surface area (Å²) in [5.74, 6) is 0. The van der Waals surface area contributed by atoms with Crippen LogP contribution in [-0.2, 0) is 6.42 Å². The number of aryl methyl sites for hydroxylation is 1. The van der Waals surface area contributed by atoms with Crippen molar-refractivity contribution in [3.63, 3.8) is 0 Å². The monoisotopic (exact) mass is 231 g/mol. The number of hydrogen-bond donors (Lipinski definition) is 1. The molecule has 0 radical (unpaired) electrons. The van der Waals surface area contributed by atoms with Gasteiger partial charge >= 0.3 is 0 Å². The highest BCUT2D eigenvalue weighted by Crippen LogP contribution is 2.15. The van der Waals surface area contributed by atoms with Gasteiger partial charge in [0.05, 0.1) is 0 Å². The molecular formula is C16H25N. The van der Waals surface area contributed by atoms with Crippen LogP contribution < -0.4 is 5.32 Å². The topological polar surface area (TPSA) is 12.0 Å². The maximum Gasteiger partial charge on any atom is -0.00141 e. The van der Waals surface area contributed by atoms with Gasteiger partial charge in [0.15, 0.2) is 0 Å². The summed E-state index contributed by atoms with van der Waals surface area (Å²) in [7, 11) is 0. The molecule has 0 aliphatic carbocycles. The molecule has 1 N–H and O–H groups in total. The third kappa shape index (κ3) is 5.18. The Morgan fingerprint density at radius 3 is 2.41 bits per heavy atom. The van der Waals surface area contributed by atoms with Gasteiger partial charge in [-0.25, -0.2) is 0 Å². The van der Waals surface area contributed by atoms with Crippen molar-refractivity contribution in [1.29, 1.82) is 0 Å². The molecule has 94 valence electrons. The standard InChI is InChI=1S/C16H25N/c1-4-12-17-13-6-7-14(3)16-10-8-15(5-2)9-11-16/h7-11,17H,4-6,12-13H2,1-3H3. The first-order valence-electron chi connectivity index (χ1n) is 6.74. The van der Waals surface area contributed by atoms with Crippen molar-refractivity contribution < 1.29 is 0 Å². The van der Waals surface area contributed by atoms with Crippen LogP contribution >= 0.6 is 0 Å². The molecule has 0 saturated carbocycles. The Morgan fingerprint density at radius 2 is 1.82 bits per heavy atom. The maximum absolute atomic E-state index is 3.42. The second-order valence-corrected chi connectivity index (χ2v) is 4.48. The first-order valence-corrected chi connectivity index (χ1v) is 6.74. The lowest BCUT2D eigenvalue weighted by Gasteiger charge is -2.04. The van der Waals surface area contributed by atoms with E-state index in [4.69, 9.17) is 0 Å². The molecule has 1 aromatic carbocycles. The highest BCUT2D eigenvalue weighted by Gasteiger charge is 1.95. The zero-order chi connectivity index (χ0) is 12.5. The van der Waals surface area contributed by atoms with Crippen molar-refractivity contribution >= 4 is 5.57 Å². The molecule has 0 bridgehead atoms. The Bertz CT molecular complexity index is 335. The van der Waals surface area contributed by atoms with Crippen molar-refractivity contribution in [1.82, 2.24) is 5.32 Å². The van der Waals surface area contributed by atoms with Crippen LogP contribution in [0.25, 0.3) is 5.57 Å². The van der Waals surface area contributed by atoms with E-state index in [1.54, 1.807) is 0 Å². The summed E-state index contributed by atoms with van der Waals surface area (Å²) in [5.41, 5.74) is 4.13. The van der Waals surface area contributed by atoms with E-state index in [-0.39, 0.29) is 0 Å². The molecule has 0 unspecified atom stereocenters. The highest BCUT2D eigenvalue weighted by atomic mass is 14.8. The number of hydrogen-bond acceptors (Lipinski definition) is 1. The smallest absolute Gasteiger partial charge is 0.00141 e. The summed E-state index contributed by atoms with van der Waals surface area (Å²) in [6.45, 7) is 8.79. The average molecular weight is 231 g/mol.